The molecule has 7 heavy (non-hydrogen) atoms. The lowest BCUT2D eigenvalue weighted by Crippen LogP contribution is -1.95. The topological polar surface area (TPSA) is 89.0 Å². The molecule has 0 fully saturated rings. The van der Waals surface area contributed by atoms with E-state index >= 15 is 0 Å². The van der Waals surface area contributed by atoms with E-state index < -0.39 is 11.7 Å². The van der Waals surface area contributed by atoms with Crippen molar-refractivity contribution < 1.29 is 20.5 Å². The Bertz CT molecular complexity index is 72.9. The van der Waals surface area contributed by atoms with Crippen molar-refractivity contribution in [3.63, 3.8) is 0 Å². The van der Waals surface area contributed by atoms with E-state index in [4.69, 9.17) is 10.2 Å². The van der Waals surface area contributed by atoms with Crippen LogP contribution in [0, 0.1) is 0 Å². The van der Waals surface area contributed by atoms with Crippen molar-refractivity contribution in [2.45, 2.75) is 0 Å². The number of aliphatic carboxylic acids is 1. The Morgan fingerprint density at radius 1 is 1.43 bits per heavy atom. The van der Waals surface area contributed by atoms with Crippen molar-refractivity contribution in [1.82, 2.24) is 0 Å². The summed E-state index contributed by atoms with van der Waals surface area (Å²) in [6.45, 7) is 2.71. The molecule has 0 saturated heterocycles. The van der Waals surface area contributed by atoms with Gasteiger partial charge in [-0.05, 0) is 6.58 Å². The summed E-state index contributed by atoms with van der Waals surface area (Å²) in [5.74, 6) is -2.20. The van der Waals surface area contributed by atoms with Crippen LogP contribution in [0.3, 0.4) is 0 Å². The van der Waals surface area contributed by atoms with Gasteiger partial charge in [-0.15, -0.1) is 0 Å². The van der Waals surface area contributed by atoms with Gasteiger partial charge < -0.3 is 15.7 Å². The molecule has 0 amide bonds. The van der Waals surface area contributed by atoms with Gasteiger partial charge in [0, 0.05) is 0 Å². The predicted molar refractivity (Wildman–Crippen MR) is 23.0 cm³/mol. The number of carboxylic acids is 1. The van der Waals surface area contributed by atoms with E-state index in [9.17, 15) is 4.79 Å². The van der Waals surface area contributed by atoms with Crippen molar-refractivity contribution in [2.75, 3.05) is 0 Å². The van der Waals surface area contributed by atoms with Crippen LogP contribution in [-0.4, -0.2) is 21.7 Å². The van der Waals surface area contributed by atoms with Gasteiger partial charge in [0.2, 0.25) is 0 Å². The van der Waals surface area contributed by atoms with Gasteiger partial charge in [0.15, 0.2) is 5.76 Å². The first-order chi connectivity index (χ1) is 2.64. The summed E-state index contributed by atoms with van der Waals surface area (Å²) in [6, 6.07) is 0. The molecule has 0 atom stereocenters. The van der Waals surface area contributed by atoms with E-state index in [2.05, 4.69) is 6.58 Å². The Labute approximate surface area is 40.0 Å². The van der Waals surface area contributed by atoms with Gasteiger partial charge in [-0.2, -0.15) is 0 Å². The minimum atomic E-state index is -1.38. The highest BCUT2D eigenvalue weighted by molar-refractivity contribution is 5.82. The van der Waals surface area contributed by atoms with Crippen LogP contribution < -0.4 is 0 Å². The molecule has 0 rings (SSSR count). The zero-order valence-corrected chi connectivity index (χ0v) is 3.51. The van der Waals surface area contributed by atoms with Crippen molar-refractivity contribution in [1.29, 1.82) is 0 Å². The average Bonchev–Trinajstić information content (AvgIpc) is 1.36. The quantitative estimate of drug-likeness (QED) is 0.342. The van der Waals surface area contributed by atoms with Crippen LogP contribution in [0.4, 0.5) is 0 Å². The highest BCUT2D eigenvalue weighted by Gasteiger charge is 1.94. The molecule has 0 spiro atoms. The maximum atomic E-state index is 9.35. The molecule has 0 radical (unpaired) electrons. The van der Waals surface area contributed by atoms with Crippen LogP contribution in [0.25, 0.3) is 0 Å². The lowest BCUT2D eigenvalue weighted by molar-refractivity contribution is -0.135. The molecular formula is C3H6O4. The number of carboxylic acid groups (broad SMARTS) is 1. The van der Waals surface area contributed by atoms with Crippen LogP contribution in [0.5, 0.6) is 0 Å². The summed E-state index contributed by atoms with van der Waals surface area (Å²) < 4.78 is 0. The Balaban J connectivity index is 0. The molecule has 4 N–H and O–H groups in total. The monoisotopic (exact) mass is 106 g/mol. The minimum absolute atomic E-state index is 0. The number of hydrogen-bond donors (Lipinski definition) is 2. The van der Waals surface area contributed by atoms with Crippen molar-refractivity contribution in [3.05, 3.63) is 12.3 Å². The number of hydrogen-bond acceptors (Lipinski definition) is 2. The van der Waals surface area contributed by atoms with E-state index in [0.717, 1.165) is 0 Å². The van der Waals surface area contributed by atoms with Crippen molar-refractivity contribution in [3.8, 4) is 0 Å². The van der Waals surface area contributed by atoms with E-state index in [0.29, 0.717) is 0 Å². The van der Waals surface area contributed by atoms with Crippen LogP contribution in [-0.2, 0) is 4.79 Å². The average molecular weight is 106 g/mol. The summed E-state index contributed by atoms with van der Waals surface area (Å²) in [7, 11) is 0. The number of rotatable bonds is 1. The smallest absolute Gasteiger partial charge is 0.370 e. The van der Waals surface area contributed by atoms with E-state index in [1.165, 1.54) is 0 Å². The van der Waals surface area contributed by atoms with Crippen LogP contribution in [0.15, 0.2) is 12.3 Å². The fourth-order valence-corrected chi connectivity index (χ4v) is 0. The third kappa shape index (κ3) is 4.97. The van der Waals surface area contributed by atoms with Gasteiger partial charge in [-0.1, -0.05) is 0 Å². The molecule has 0 heterocycles. The SMILES string of the molecule is C=C(O)C(=O)O.O. The Morgan fingerprint density at radius 2 is 1.57 bits per heavy atom. The molecule has 42 valence electrons. The largest absolute Gasteiger partial charge is 0.502 e. The minimum Gasteiger partial charge on any atom is -0.502 e. The summed E-state index contributed by atoms with van der Waals surface area (Å²) in [4.78, 5) is 9.35. The second-order valence-electron chi connectivity index (χ2n) is 0.752. The van der Waals surface area contributed by atoms with Gasteiger partial charge >= 0.3 is 5.97 Å². The first-order valence-corrected chi connectivity index (χ1v) is 1.25. The second kappa shape index (κ2) is 3.17. The van der Waals surface area contributed by atoms with Gasteiger partial charge in [-0.3, -0.25) is 0 Å². The standard InChI is InChI=1S/C3H4O3.H2O/c1-2(4)3(5)6;/h4H,1H2,(H,5,6);1H2. The summed E-state index contributed by atoms with van der Waals surface area (Å²) in [6.07, 6.45) is 0. The Hall–Kier alpha value is -1.03. The third-order valence-electron chi connectivity index (χ3n) is 0.247. The van der Waals surface area contributed by atoms with Crippen LogP contribution in [0.1, 0.15) is 0 Å². The summed E-state index contributed by atoms with van der Waals surface area (Å²) in [5.41, 5.74) is 0. The molecule has 0 saturated carbocycles. The maximum absolute atomic E-state index is 9.35. The molecule has 0 aliphatic carbocycles. The molecule has 0 aliphatic rings. The molecule has 0 aliphatic heterocycles. The van der Waals surface area contributed by atoms with Crippen LogP contribution >= 0.6 is 0 Å². The zero-order valence-electron chi connectivity index (χ0n) is 3.51. The molecule has 4 nitrogen and oxygen atoms in total. The molecule has 0 aromatic carbocycles. The Morgan fingerprint density at radius 3 is 1.57 bits per heavy atom. The van der Waals surface area contributed by atoms with Crippen molar-refractivity contribution in [2.24, 2.45) is 0 Å². The van der Waals surface area contributed by atoms with Crippen LogP contribution in [0.2, 0.25) is 0 Å². The Kier molecular flexibility index (Phi) is 4.24. The number of aliphatic hydroxyl groups is 1. The van der Waals surface area contributed by atoms with Gasteiger partial charge in [0.05, 0.1) is 0 Å². The zero-order chi connectivity index (χ0) is 5.15. The van der Waals surface area contributed by atoms with Gasteiger partial charge in [0.25, 0.3) is 0 Å². The van der Waals surface area contributed by atoms with Gasteiger partial charge in [0.1, 0.15) is 0 Å². The molecule has 0 unspecified atom stereocenters. The third-order valence-corrected chi connectivity index (χ3v) is 0.247. The van der Waals surface area contributed by atoms with E-state index in [1.54, 1.807) is 0 Å². The fourth-order valence-electron chi connectivity index (χ4n) is 0. The van der Waals surface area contributed by atoms with Gasteiger partial charge in [-0.25, -0.2) is 4.79 Å². The maximum Gasteiger partial charge on any atom is 0.370 e. The van der Waals surface area contributed by atoms with Crippen molar-refractivity contribution >= 4 is 5.97 Å². The molecule has 0 aromatic heterocycles. The van der Waals surface area contributed by atoms with E-state index in [-0.39, 0.29) is 5.48 Å². The van der Waals surface area contributed by atoms with E-state index in [1.807, 2.05) is 0 Å². The molecule has 4 heteroatoms. The first kappa shape index (κ1) is 9.36. The second-order valence-corrected chi connectivity index (χ2v) is 0.752. The lowest BCUT2D eigenvalue weighted by Gasteiger charge is -1.79. The molecular weight excluding hydrogens is 100 g/mol. The molecule has 0 aromatic rings. The number of carbonyl (C=O) groups is 1. The fraction of sp³-hybridized carbons (Fsp3) is 0. The summed E-state index contributed by atoms with van der Waals surface area (Å²) >= 11 is 0. The highest BCUT2D eigenvalue weighted by atomic mass is 16.4. The highest BCUT2D eigenvalue weighted by Crippen LogP contribution is 1.75. The first-order valence-electron chi connectivity index (χ1n) is 1.25. The normalized spacial score (nSPS) is 6.29. The summed E-state index contributed by atoms with van der Waals surface area (Å²) in [5, 5.41) is 15.5. The predicted octanol–water partition coefficient (Wildman–Crippen LogP) is -0.682. The molecule has 0 bridgehead atoms. The lowest BCUT2D eigenvalue weighted by atomic mass is 10.6. The number of aliphatic hydroxyl groups excluding tert-OH is 1.